The molecule has 2 aromatic rings. The van der Waals surface area contributed by atoms with Gasteiger partial charge in [-0.1, -0.05) is 0 Å². The van der Waals surface area contributed by atoms with Gasteiger partial charge in [-0.3, -0.25) is 4.79 Å². The minimum Gasteiger partial charge on any atom is -0.454 e. The first-order valence-electron chi connectivity index (χ1n) is 6.96. The van der Waals surface area contributed by atoms with Crippen LogP contribution >= 0.6 is 0 Å². The van der Waals surface area contributed by atoms with E-state index in [1.54, 1.807) is 18.2 Å². The maximum atomic E-state index is 12.1. The molecule has 110 valence electrons. The fourth-order valence-electron chi connectivity index (χ4n) is 2.49. The first-order chi connectivity index (χ1) is 10.1. The van der Waals surface area contributed by atoms with Crippen molar-refractivity contribution in [1.82, 2.24) is 10.3 Å². The van der Waals surface area contributed by atoms with Gasteiger partial charge in [0, 0.05) is 23.5 Å². The maximum Gasteiger partial charge on any atom is 0.251 e. The van der Waals surface area contributed by atoms with Crippen LogP contribution in [-0.2, 0) is 6.42 Å². The van der Waals surface area contributed by atoms with Crippen LogP contribution in [0.25, 0.3) is 0 Å². The first kappa shape index (κ1) is 13.5. The number of aromatic nitrogens is 1. The molecule has 0 spiro atoms. The molecular weight excluding hydrogens is 268 g/mol. The predicted molar refractivity (Wildman–Crippen MR) is 78.9 cm³/mol. The zero-order chi connectivity index (χ0) is 14.8. The Morgan fingerprint density at radius 1 is 1.24 bits per heavy atom. The largest absolute Gasteiger partial charge is 0.454 e. The van der Waals surface area contributed by atoms with E-state index >= 15 is 0 Å². The van der Waals surface area contributed by atoms with Gasteiger partial charge in [0.15, 0.2) is 11.5 Å². The van der Waals surface area contributed by atoms with Crippen LogP contribution in [0.1, 0.15) is 27.3 Å². The molecule has 2 N–H and O–H groups in total. The number of rotatable bonds is 4. The standard InChI is InChI=1S/C16H18N2O3/c1-10-7-12(11(2)18-10)5-6-17-16(19)13-3-4-14-15(8-13)21-9-20-14/h3-4,7-8,18H,5-6,9H2,1-2H3,(H,17,19). The molecule has 1 aliphatic heterocycles. The summed E-state index contributed by atoms with van der Waals surface area (Å²) < 4.78 is 10.5. The third-order valence-corrected chi connectivity index (χ3v) is 3.57. The van der Waals surface area contributed by atoms with Gasteiger partial charge in [0.2, 0.25) is 6.79 Å². The molecule has 1 aliphatic rings. The molecule has 0 unspecified atom stereocenters. The smallest absolute Gasteiger partial charge is 0.251 e. The molecule has 2 heterocycles. The summed E-state index contributed by atoms with van der Waals surface area (Å²) in [5.74, 6) is 1.21. The van der Waals surface area contributed by atoms with Crippen molar-refractivity contribution in [3.8, 4) is 11.5 Å². The van der Waals surface area contributed by atoms with Crippen LogP contribution in [0.5, 0.6) is 11.5 Å². The first-order valence-corrected chi connectivity index (χ1v) is 6.96. The summed E-state index contributed by atoms with van der Waals surface area (Å²) in [6.45, 7) is 4.89. The van der Waals surface area contributed by atoms with Crippen LogP contribution in [0.3, 0.4) is 0 Å². The minimum atomic E-state index is -0.0989. The average molecular weight is 286 g/mol. The third kappa shape index (κ3) is 2.86. The molecule has 5 nitrogen and oxygen atoms in total. The molecule has 1 aromatic carbocycles. The van der Waals surface area contributed by atoms with Crippen molar-refractivity contribution in [2.75, 3.05) is 13.3 Å². The monoisotopic (exact) mass is 286 g/mol. The van der Waals surface area contributed by atoms with E-state index in [9.17, 15) is 4.79 Å². The van der Waals surface area contributed by atoms with Crippen LogP contribution < -0.4 is 14.8 Å². The van der Waals surface area contributed by atoms with Crippen LogP contribution in [-0.4, -0.2) is 24.2 Å². The molecule has 0 radical (unpaired) electrons. The molecule has 0 saturated heterocycles. The average Bonchev–Trinajstić information content (AvgIpc) is 3.04. The van der Waals surface area contributed by atoms with Crippen LogP contribution in [0, 0.1) is 13.8 Å². The number of hydrogen-bond acceptors (Lipinski definition) is 3. The molecule has 1 amide bonds. The van der Waals surface area contributed by atoms with Gasteiger partial charge in [0.05, 0.1) is 0 Å². The van der Waals surface area contributed by atoms with Gasteiger partial charge in [-0.05, 0) is 50.1 Å². The summed E-state index contributed by atoms with van der Waals surface area (Å²) in [6.07, 6.45) is 0.812. The van der Waals surface area contributed by atoms with Gasteiger partial charge in [0.1, 0.15) is 0 Å². The predicted octanol–water partition coefficient (Wildman–Crippen LogP) is 2.33. The Hall–Kier alpha value is -2.43. The summed E-state index contributed by atoms with van der Waals surface area (Å²) >= 11 is 0. The Balaban J connectivity index is 1.58. The SMILES string of the molecule is Cc1cc(CCNC(=O)c2ccc3c(c2)OCO3)c(C)[nH]1. The van der Waals surface area contributed by atoms with E-state index in [1.165, 1.54) is 5.56 Å². The highest BCUT2D eigenvalue weighted by atomic mass is 16.7. The normalized spacial score (nSPS) is 12.5. The summed E-state index contributed by atoms with van der Waals surface area (Å²) in [5, 5.41) is 2.93. The Kier molecular flexibility index (Phi) is 3.56. The van der Waals surface area contributed by atoms with Crippen LogP contribution in [0.15, 0.2) is 24.3 Å². The van der Waals surface area contributed by atoms with Crippen molar-refractivity contribution >= 4 is 5.91 Å². The zero-order valence-electron chi connectivity index (χ0n) is 12.2. The minimum absolute atomic E-state index is 0.0989. The molecule has 1 aromatic heterocycles. The van der Waals surface area contributed by atoms with Crippen LogP contribution in [0.4, 0.5) is 0 Å². The summed E-state index contributed by atoms with van der Waals surface area (Å²) in [4.78, 5) is 15.4. The van der Waals surface area contributed by atoms with E-state index in [2.05, 4.69) is 16.4 Å². The lowest BCUT2D eigenvalue weighted by atomic mass is 10.1. The summed E-state index contributed by atoms with van der Waals surface area (Å²) in [7, 11) is 0. The second-order valence-electron chi connectivity index (χ2n) is 5.18. The number of nitrogens with one attached hydrogen (secondary N) is 2. The van der Waals surface area contributed by atoms with E-state index < -0.39 is 0 Å². The van der Waals surface area contributed by atoms with Crippen molar-refractivity contribution in [1.29, 1.82) is 0 Å². The lowest BCUT2D eigenvalue weighted by molar-refractivity contribution is 0.0953. The number of carbonyl (C=O) groups is 1. The fraction of sp³-hybridized carbons (Fsp3) is 0.312. The quantitative estimate of drug-likeness (QED) is 0.906. The summed E-state index contributed by atoms with van der Waals surface area (Å²) in [6, 6.07) is 7.33. The highest BCUT2D eigenvalue weighted by Gasteiger charge is 2.16. The number of benzene rings is 1. The van der Waals surface area contributed by atoms with E-state index in [0.717, 1.165) is 17.8 Å². The van der Waals surface area contributed by atoms with Crippen LogP contribution in [0.2, 0.25) is 0 Å². The van der Waals surface area contributed by atoms with E-state index in [4.69, 9.17) is 9.47 Å². The van der Waals surface area contributed by atoms with Gasteiger partial charge >= 0.3 is 0 Å². The van der Waals surface area contributed by atoms with Crippen molar-refractivity contribution in [2.45, 2.75) is 20.3 Å². The highest BCUT2D eigenvalue weighted by Crippen LogP contribution is 2.32. The lowest BCUT2D eigenvalue weighted by Crippen LogP contribution is -2.25. The van der Waals surface area contributed by atoms with E-state index in [0.29, 0.717) is 23.6 Å². The van der Waals surface area contributed by atoms with Crippen molar-refractivity contribution in [2.24, 2.45) is 0 Å². The Morgan fingerprint density at radius 3 is 2.81 bits per heavy atom. The number of H-pyrrole nitrogens is 1. The molecule has 0 fully saturated rings. The number of ether oxygens (including phenoxy) is 2. The molecule has 0 saturated carbocycles. The molecule has 21 heavy (non-hydrogen) atoms. The fourth-order valence-corrected chi connectivity index (χ4v) is 2.49. The Labute approximate surface area is 123 Å². The van der Waals surface area contributed by atoms with Crippen molar-refractivity contribution in [3.63, 3.8) is 0 Å². The molecule has 5 heteroatoms. The topological polar surface area (TPSA) is 63.4 Å². The zero-order valence-corrected chi connectivity index (χ0v) is 12.2. The highest BCUT2D eigenvalue weighted by molar-refractivity contribution is 5.94. The number of aryl methyl sites for hydroxylation is 2. The number of hydrogen-bond donors (Lipinski definition) is 2. The van der Waals surface area contributed by atoms with E-state index in [-0.39, 0.29) is 12.7 Å². The molecule has 0 bridgehead atoms. The summed E-state index contributed by atoms with van der Waals surface area (Å²) in [5.41, 5.74) is 4.12. The Morgan fingerprint density at radius 2 is 2.05 bits per heavy atom. The van der Waals surface area contributed by atoms with Gasteiger partial charge in [-0.2, -0.15) is 0 Å². The molecule has 0 aliphatic carbocycles. The lowest BCUT2D eigenvalue weighted by Gasteiger charge is -2.06. The second kappa shape index (κ2) is 5.52. The van der Waals surface area contributed by atoms with Gasteiger partial charge in [-0.15, -0.1) is 0 Å². The second-order valence-corrected chi connectivity index (χ2v) is 5.18. The number of aromatic amines is 1. The van der Waals surface area contributed by atoms with Crippen molar-refractivity contribution in [3.05, 3.63) is 46.8 Å². The molecular formula is C16H18N2O3. The van der Waals surface area contributed by atoms with Gasteiger partial charge in [0.25, 0.3) is 5.91 Å². The van der Waals surface area contributed by atoms with Crippen molar-refractivity contribution < 1.29 is 14.3 Å². The number of carbonyl (C=O) groups excluding carboxylic acids is 1. The number of fused-ring (bicyclic) bond motifs is 1. The van der Waals surface area contributed by atoms with E-state index in [1.807, 2.05) is 13.8 Å². The molecule has 0 atom stereocenters. The van der Waals surface area contributed by atoms with Gasteiger partial charge < -0.3 is 19.8 Å². The number of amides is 1. The maximum absolute atomic E-state index is 12.1. The third-order valence-electron chi connectivity index (χ3n) is 3.57. The van der Waals surface area contributed by atoms with Gasteiger partial charge in [-0.25, -0.2) is 0 Å². The Bertz CT molecular complexity index is 676. The molecule has 3 rings (SSSR count).